The van der Waals surface area contributed by atoms with Crippen molar-refractivity contribution in [1.29, 1.82) is 0 Å². The van der Waals surface area contributed by atoms with Gasteiger partial charge < -0.3 is 15.8 Å². The summed E-state index contributed by atoms with van der Waals surface area (Å²) < 4.78 is 38.9. The van der Waals surface area contributed by atoms with Crippen molar-refractivity contribution in [3.05, 3.63) is 23.9 Å². The lowest BCUT2D eigenvalue weighted by molar-refractivity contribution is -0.137. The molecule has 0 fully saturated rings. The number of alkyl halides is 3. The summed E-state index contributed by atoms with van der Waals surface area (Å²) in [6.45, 7) is 3.87. The first-order valence-electron chi connectivity index (χ1n) is 6.05. The van der Waals surface area contributed by atoms with Gasteiger partial charge in [-0.3, -0.25) is 0 Å². The molecule has 1 rings (SSSR count). The summed E-state index contributed by atoms with van der Waals surface area (Å²) in [6, 6.07) is 2.23. The topological polar surface area (TPSA) is 74.7 Å². The zero-order valence-electron chi connectivity index (χ0n) is 11.2. The van der Waals surface area contributed by atoms with Gasteiger partial charge in [0.2, 0.25) is 0 Å². The monoisotopic (exact) mass is 290 g/mol. The van der Waals surface area contributed by atoms with Crippen LogP contribution in [0.1, 0.15) is 19.4 Å². The Kier molecular flexibility index (Phi) is 5.18. The minimum atomic E-state index is -4.48. The van der Waals surface area contributed by atoms with Crippen LogP contribution >= 0.6 is 0 Å². The standard InChI is InChI=1S/C12H17F3N4O/c1-3-19(7-8(2)10(16)18-20)11-9(12(13,14)15)5-4-6-17-11/h4-6,8,20H,3,7H2,1-2H3,(H2,16,18). The number of oxime groups is 1. The lowest BCUT2D eigenvalue weighted by Crippen LogP contribution is -2.36. The van der Waals surface area contributed by atoms with E-state index in [9.17, 15) is 13.2 Å². The van der Waals surface area contributed by atoms with Crippen LogP contribution in [0.2, 0.25) is 0 Å². The van der Waals surface area contributed by atoms with E-state index in [4.69, 9.17) is 10.9 Å². The van der Waals surface area contributed by atoms with E-state index >= 15 is 0 Å². The lowest BCUT2D eigenvalue weighted by atomic mass is 10.1. The van der Waals surface area contributed by atoms with Crippen molar-refractivity contribution >= 4 is 11.7 Å². The van der Waals surface area contributed by atoms with Crippen molar-refractivity contribution in [2.24, 2.45) is 16.8 Å². The highest BCUT2D eigenvalue weighted by molar-refractivity contribution is 5.82. The number of nitrogens with zero attached hydrogens (tertiary/aromatic N) is 3. The van der Waals surface area contributed by atoms with Crippen LogP contribution in [-0.4, -0.2) is 29.1 Å². The number of aromatic nitrogens is 1. The van der Waals surface area contributed by atoms with Crippen molar-refractivity contribution in [3.63, 3.8) is 0 Å². The number of hydrogen-bond acceptors (Lipinski definition) is 4. The van der Waals surface area contributed by atoms with Crippen molar-refractivity contribution in [2.75, 3.05) is 18.0 Å². The molecule has 1 atom stereocenters. The molecule has 8 heteroatoms. The normalized spacial score (nSPS) is 14.2. The zero-order valence-corrected chi connectivity index (χ0v) is 11.2. The predicted octanol–water partition coefficient (Wildman–Crippen LogP) is 2.31. The molecule has 0 aliphatic carbocycles. The molecule has 0 radical (unpaired) electrons. The van der Waals surface area contributed by atoms with E-state index < -0.39 is 17.7 Å². The summed E-state index contributed by atoms with van der Waals surface area (Å²) in [5, 5.41) is 11.5. The van der Waals surface area contributed by atoms with Gasteiger partial charge in [-0.1, -0.05) is 12.1 Å². The second-order valence-corrected chi connectivity index (χ2v) is 4.34. The Bertz CT molecular complexity index is 476. The van der Waals surface area contributed by atoms with E-state index in [0.29, 0.717) is 6.54 Å². The third kappa shape index (κ3) is 3.75. The molecule has 0 aliphatic rings. The summed E-state index contributed by atoms with van der Waals surface area (Å²) in [4.78, 5) is 5.27. The van der Waals surface area contributed by atoms with Crippen LogP contribution in [0.25, 0.3) is 0 Å². The first kappa shape index (κ1) is 16.1. The van der Waals surface area contributed by atoms with Gasteiger partial charge in [0.1, 0.15) is 11.7 Å². The maximum atomic E-state index is 13.0. The van der Waals surface area contributed by atoms with E-state index in [2.05, 4.69) is 10.1 Å². The van der Waals surface area contributed by atoms with Gasteiger partial charge in [-0.15, -0.1) is 0 Å². The molecule has 0 amide bonds. The quantitative estimate of drug-likeness (QED) is 0.378. The van der Waals surface area contributed by atoms with Crippen LogP contribution in [-0.2, 0) is 6.18 Å². The summed E-state index contributed by atoms with van der Waals surface area (Å²) >= 11 is 0. The van der Waals surface area contributed by atoms with Gasteiger partial charge in [0.05, 0.1) is 5.56 Å². The SMILES string of the molecule is CCN(CC(C)C(N)=NO)c1ncccc1C(F)(F)F. The van der Waals surface area contributed by atoms with Crippen LogP contribution in [0.15, 0.2) is 23.5 Å². The Balaban J connectivity index is 3.08. The molecule has 1 unspecified atom stereocenters. The highest BCUT2D eigenvalue weighted by Crippen LogP contribution is 2.35. The van der Waals surface area contributed by atoms with Crippen molar-refractivity contribution < 1.29 is 18.4 Å². The Labute approximate surface area is 114 Å². The minimum absolute atomic E-state index is 0.0343. The van der Waals surface area contributed by atoms with E-state index in [1.165, 1.54) is 17.2 Å². The molecule has 0 bridgehead atoms. The Morgan fingerprint density at radius 3 is 2.70 bits per heavy atom. The molecule has 112 valence electrons. The van der Waals surface area contributed by atoms with Gasteiger partial charge in [-0.25, -0.2) is 4.98 Å². The lowest BCUT2D eigenvalue weighted by Gasteiger charge is -2.27. The largest absolute Gasteiger partial charge is 0.419 e. The fourth-order valence-electron chi connectivity index (χ4n) is 1.76. The Hall–Kier alpha value is -1.99. The fraction of sp³-hybridized carbons (Fsp3) is 0.500. The molecule has 5 nitrogen and oxygen atoms in total. The molecular formula is C12H17F3N4O. The Morgan fingerprint density at radius 2 is 2.20 bits per heavy atom. The first-order valence-corrected chi connectivity index (χ1v) is 6.05. The van der Waals surface area contributed by atoms with Crippen LogP contribution in [0.4, 0.5) is 19.0 Å². The predicted molar refractivity (Wildman–Crippen MR) is 69.7 cm³/mol. The molecule has 1 aromatic heterocycles. The number of rotatable bonds is 5. The number of nitrogens with two attached hydrogens (primary N) is 1. The average Bonchev–Trinajstić information content (AvgIpc) is 2.42. The molecule has 0 saturated carbocycles. The summed E-state index contributed by atoms with van der Waals surface area (Å²) in [5.74, 6) is -0.587. The van der Waals surface area contributed by atoms with Crippen molar-refractivity contribution in [1.82, 2.24) is 4.98 Å². The van der Waals surface area contributed by atoms with Gasteiger partial charge in [0.15, 0.2) is 0 Å². The molecular weight excluding hydrogens is 273 g/mol. The second-order valence-electron chi connectivity index (χ2n) is 4.34. The molecule has 0 aliphatic heterocycles. The Morgan fingerprint density at radius 1 is 1.55 bits per heavy atom. The van der Waals surface area contributed by atoms with Gasteiger partial charge in [-0.05, 0) is 19.1 Å². The highest BCUT2D eigenvalue weighted by Gasteiger charge is 2.35. The number of halogens is 3. The summed E-state index contributed by atoms with van der Waals surface area (Å²) in [7, 11) is 0. The smallest absolute Gasteiger partial charge is 0.409 e. The van der Waals surface area contributed by atoms with Crippen molar-refractivity contribution in [3.8, 4) is 0 Å². The van der Waals surface area contributed by atoms with E-state index in [-0.39, 0.29) is 18.2 Å². The third-order valence-electron chi connectivity index (χ3n) is 2.89. The number of hydrogen-bond donors (Lipinski definition) is 2. The summed E-state index contributed by atoms with van der Waals surface area (Å²) in [5.41, 5.74) is 4.65. The maximum absolute atomic E-state index is 13.0. The number of anilines is 1. The first-order chi connectivity index (χ1) is 9.31. The van der Waals surface area contributed by atoms with Crippen LogP contribution in [0.3, 0.4) is 0 Å². The molecule has 20 heavy (non-hydrogen) atoms. The van der Waals surface area contributed by atoms with Crippen LogP contribution < -0.4 is 10.6 Å². The minimum Gasteiger partial charge on any atom is -0.409 e. The molecule has 0 saturated heterocycles. The number of amidine groups is 1. The van der Waals surface area contributed by atoms with Gasteiger partial charge in [0.25, 0.3) is 0 Å². The fourth-order valence-corrected chi connectivity index (χ4v) is 1.76. The van der Waals surface area contributed by atoms with E-state index in [0.717, 1.165) is 6.07 Å². The maximum Gasteiger partial charge on any atom is 0.419 e. The van der Waals surface area contributed by atoms with Gasteiger partial charge >= 0.3 is 6.18 Å². The van der Waals surface area contributed by atoms with Gasteiger partial charge in [0, 0.05) is 25.2 Å². The molecule has 0 aromatic carbocycles. The molecule has 3 N–H and O–H groups in total. The van der Waals surface area contributed by atoms with Crippen LogP contribution in [0, 0.1) is 5.92 Å². The molecule has 0 spiro atoms. The van der Waals surface area contributed by atoms with Gasteiger partial charge in [-0.2, -0.15) is 13.2 Å². The van der Waals surface area contributed by atoms with Crippen LogP contribution in [0.5, 0.6) is 0 Å². The van der Waals surface area contributed by atoms with E-state index in [1.54, 1.807) is 13.8 Å². The summed E-state index contributed by atoms with van der Waals surface area (Å²) in [6.07, 6.45) is -3.17. The highest BCUT2D eigenvalue weighted by atomic mass is 19.4. The molecule has 1 heterocycles. The average molecular weight is 290 g/mol. The third-order valence-corrected chi connectivity index (χ3v) is 2.89. The van der Waals surface area contributed by atoms with E-state index in [1.807, 2.05) is 0 Å². The number of pyridine rings is 1. The van der Waals surface area contributed by atoms with Crippen molar-refractivity contribution in [2.45, 2.75) is 20.0 Å². The second kappa shape index (κ2) is 6.44. The zero-order chi connectivity index (χ0) is 15.3. The molecule has 1 aromatic rings.